The van der Waals surface area contributed by atoms with Crippen LogP contribution in [0.2, 0.25) is 5.02 Å². The lowest BCUT2D eigenvalue weighted by Crippen LogP contribution is -2.41. The van der Waals surface area contributed by atoms with E-state index in [9.17, 15) is 9.90 Å². The van der Waals surface area contributed by atoms with Crippen molar-refractivity contribution in [2.24, 2.45) is 0 Å². The zero-order chi connectivity index (χ0) is 15.7. The van der Waals surface area contributed by atoms with Crippen LogP contribution in [0.1, 0.15) is 37.7 Å². The van der Waals surface area contributed by atoms with Gasteiger partial charge in [-0.05, 0) is 48.8 Å². The molecule has 2 aliphatic rings. The van der Waals surface area contributed by atoms with Crippen molar-refractivity contribution in [3.05, 3.63) is 34.5 Å². The molecule has 1 amide bonds. The molecule has 4 nitrogen and oxygen atoms in total. The molecule has 6 heteroatoms. The first-order valence-corrected chi connectivity index (χ1v) is 8.19. The molecular formula is C16H17ClN2O2S. The number of aromatic hydroxyl groups is 1. The van der Waals surface area contributed by atoms with Crippen LogP contribution in [0.15, 0.2) is 23.9 Å². The third-order valence-electron chi connectivity index (χ3n) is 4.13. The Bertz CT molecular complexity index is 654. The van der Waals surface area contributed by atoms with Gasteiger partial charge in [-0.15, -0.1) is 0 Å². The van der Waals surface area contributed by atoms with Gasteiger partial charge in [0, 0.05) is 6.04 Å². The summed E-state index contributed by atoms with van der Waals surface area (Å²) in [6, 6.07) is 5.03. The highest BCUT2D eigenvalue weighted by Crippen LogP contribution is 2.28. The van der Waals surface area contributed by atoms with Crippen LogP contribution in [0, 0.1) is 0 Å². The number of benzene rings is 1. The van der Waals surface area contributed by atoms with Crippen molar-refractivity contribution in [3.8, 4) is 5.75 Å². The number of carbonyl (C=O) groups excluding carboxylic acids is 1. The zero-order valence-electron chi connectivity index (χ0n) is 12.0. The number of nitrogens with zero attached hydrogens (tertiary/aromatic N) is 1. The van der Waals surface area contributed by atoms with Crippen molar-refractivity contribution >= 4 is 40.9 Å². The summed E-state index contributed by atoms with van der Waals surface area (Å²) in [5.74, 6) is -0.0602. The minimum absolute atomic E-state index is 0.0221. The van der Waals surface area contributed by atoms with Gasteiger partial charge in [0.25, 0.3) is 5.91 Å². The molecule has 22 heavy (non-hydrogen) atoms. The Kier molecular flexibility index (Phi) is 4.36. The fraction of sp³-hybridized carbons (Fsp3) is 0.375. The summed E-state index contributed by atoms with van der Waals surface area (Å²) >= 11 is 11.2. The third kappa shape index (κ3) is 2.96. The van der Waals surface area contributed by atoms with Crippen molar-refractivity contribution in [2.75, 3.05) is 0 Å². The molecule has 1 saturated carbocycles. The van der Waals surface area contributed by atoms with Crippen molar-refractivity contribution in [1.82, 2.24) is 10.2 Å². The van der Waals surface area contributed by atoms with Gasteiger partial charge >= 0.3 is 0 Å². The van der Waals surface area contributed by atoms with Gasteiger partial charge in [-0.25, -0.2) is 0 Å². The summed E-state index contributed by atoms with van der Waals surface area (Å²) in [6.45, 7) is 0. The van der Waals surface area contributed by atoms with Crippen molar-refractivity contribution in [1.29, 1.82) is 0 Å². The van der Waals surface area contributed by atoms with E-state index in [0.717, 1.165) is 31.2 Å². The first-order valence-electron chi connectivity index (χ1n) is 7.41. The highest BCUT2D eigenvalue weighted by atomic mass is 35.5. The average molecular weight is 337 g/mol. The molecule has 116 valence electrons. The number of hydrogen-bond acceptors (Lipinski definition) is 3. The molecule has 1 heterocycles. The van der Waals surface area contributed by atoms with Crippen LogP contribution in [0.3, 0.4) is 0 Å². The van der Waals surface area contributed by atoms with Gasteiger partial charge in [-0.1, -0.05) is 36.9 Å². The van der Waals surface area contributed by atoms with Crippen LogP contribution in [-0.4, -0.2) is 27.1 Å². The number of nitrogens with one attached hydrogen (secondary N) is 1. The molecule has 0 unspecified atom stereocenters. The van der Waals surface area contributed by atoms with Gasteiger partial charge in [0.2, 0.25) is 0 Å². The van der Waals surface area contributed by atoms with Crippen molar-refractivity contribution in [3.63, 3.8) is 0 Å². The maximum absolute atomic E-state index is 12.6. The van der Waals surface area contributed by atoms with E-state index in [0.29, 0.717) is 10.8 Å². The standard InChI is InChI=1S/C16H17ClN2O2S/c17-12-8-10(6-7-14(12)20)9-13-15(21)19(16(22)18-13)11-4-2-1-3-5-11/h6-9,11,20H,1-5H2,(H,18,22)/b13-9-. The van der Waals surface area contributed by atoms with Crippen molar-refractivity contribution in [2.45, 2.75) is 38.1 Å². The minimum atomic E-state index is -0.0823. The summed E-state index contributed by atoms with van der Waals surface area (Å²) in [5.41, 5.74) is 1.20. The van der Waals surface area contributed by atoms with Crippen LogP contribution in [0.4, 0.5) is 0 Å². The lowest BCUT2D eigenvalue weighted by atomic mass is 9.94. The molecule has 0 spiro atoms. The Labute approximate surface area is 139 Å². The Morgan fingerprint density at radius 1 is 1.32 bits per heavy atom. The number of thiocarbonyl (C=S) groups is 1. The van der Waals surface area contributed by atoms with E-state index in [1.165, 1.54) is 12.5 Å². The van der Waals surface area contributed by atoms with Gasteiger partial charge in [-0.2, -0.15) is 0 Å². The molecule has 2 N–H and O–H groups in total. The number of rotatable bonds is 2. The largest absolute Gasteiger partial charge is 0.506 e. The molecular weight excluding hydrogens is 320 g/mol. The second-order valence-electron chi connectivity index (χ2n) is 5.67. The van der Waals surface area contributed by atoms with Crippen LogP contribution in [-0.2, 0) is 4.79 Å². The van der Waals surface area contributed by atoms with Crippen molar-refractivity contribution < 1.29 is 9.90 Å². The SMILES string of the molecule is O=C1/C(=C/c2ccc(O)c(Cl)c2)NC(=S)N1C1CCCCC1. The number of halogens is 1. The van der Waals surface area contributed by atoms with Gasteiger partial charge in [0.05, 0.1) is 5.02 Å². The van der Waals surface area contributed by atoms with E-state index in [2.05, 4.69) is 5.32 Å². The minimum Gasteiger partial charge on any atom is -0.506 e. The van der Waals surface area contributed by atoms with Gasteiger partial charge in [0.1, 0.15) is 11.4 Å². The first kappa shape index (κ1) is 15.3. The number of hydrogen-bond donors (Lipinski definition) is 2. The maximum atomic E-state index is 12.6. The van der Waals surface area contributed by atoms with E-state index in [4.69, 9.17) is 23.8 Å². The van der Waals surface area contributed by atoms with Crippen LogP contribution < -0.4 is 5.32 Å². The van der Waals surface area contributed by atoms with Crippen LogP contribution in [0.25, 0.3) is 6.08 Å². The highest BCUT2D eigenvalue weighted by Gasteiger charge is 2.36. The van der Waals surface area contributed by atoms with Gasteiger partial charge < -0.3 is 10.4 Å². The van der Waals surface area contributed by atoms with Gasteiger partial charge in [-0.3, -0.25) is 9.69 Å². The molecule has 0 bridgehead atoms. The fourth-order valence-corrected chi connectivity index (χ4v) is 3.53. The van der Waals surface area contributed by atoms with E-state index in [-0.39, 0.29) is 22.7 Å². The fourth-order valence-electron chi connectivity index (χ4n) is 3.00. The molecule has 0 atom stereocenters. The Morgan fingerprint density at radius 3 is 2.73 bits per heavy atom. The Hall–Kier alpha value is -1.59. The summed E-state index contributed by atoms with van der Waals surface area (Å²) in [5, 5.41) is 13.2. The molecule has 1 aliphatic carbocycles. The van der Waals surface area contributed by atoms with Gasteiger partial charge in [0.15, 0.2) is 5.11 Å². The summed E-state index contributed by atoms with van der Waals surface area (Å²) in [6.07, 6.45) is 7.24. The summed E-state index contributed by atoms with van der Waals surface area (Å²) in [7, 11) is 0. The molecule has 1 aromatic rings. The van der Waals surface area contributed by atoms with E-state index < -0.39 is 0 Å². The molecule has 3 rings (SSSR count). The predicted molar refractivity (Wildman–Crippen MR) is 90.5 cm³/mol. The number of phenolic OH excluding ortho intramolecular Hbond substituents is 1. The molecule has 2 fully saturated rings. The third-order valence-corrected chi connectivity index (χ3v) is 4.73. The maximum Gasteiger partial charge on any atom is 0.276 e. The Balaban J connectivity index is 1.83. The molecule has 1 saturated heterocycles. The van der Waals surface area contributed by atoms with E-state index in [1.54, 1.807) is 23.1 Å². The number of amides is 1. The molecule has 1 aromatic carbocycles. The monoisotopic (exact) mass is 336 g/mol. The first-order chi connectivity index (χ1) is 10.6. The smallest absolute Gasteiger partial charge is 0.276 e. The van der Waals surface area contributed by atoms with E-state index in [1.807, 2.05) is 0 Å². The predicted octanol–water partition coefficient (Wildman–Crippen LogP) is 3.44. The highest BCUT2D eigenvalue weighted by molar-refractivity contribution is 7.80. The summed E-state index contributed by atoms with van der Waals surface area (Å²) < 4.78 is 0. The average Bonchev–Trinajstić information content (AvgIpc) is 2.78. The zero-order valence-corrected chi connectivity index (χ0v) is 13.6. The van der Waals surface area contributed by atoms with E-state index >= 15 is 0 Å². The Morgan fingerprint density at radius 2 is 2.05 bits per heavy atom. The molecule has 1 aliphatic heterocycles. The normalized spacial score (nSPS) is 21.5. The molecule has 0 aromatic heterocycles. The lowest BCUT2D eigenvalue weighted by molar-refractivity contribution is -0.124. The number of carbonyl (C=O) groups is 1. The lowest BCUT2D eigenvalue weighted by Gasteiger charge is -2.29. The second-order valence-corrected chi connectivity index (χ2v) is 6.46. The van der Waals surface area contributed by atoms with Crippen LogP contribution in [0.5, 0.6) is 5.75 Å². The number of phenols is 1. The topological polar surface area (TPSA) is 52.6 Å². The quantitative estimate of drug-likeness (QED) is 0.641. The summed E-state index contributed by atoms with van der Waals surface area (Å²) in [4.78, 5) is 14.3. The molecule has 0 radical (unpaired) electrons. The second kappa shape index (κ2) is 6.26. The van der Waals surface area contributed by atoms with Crippen LogP contribution >= 0.6 is 23.8 Å².